The minimum atomic E-state index is -0.284. The van der Waals surface area contributed by atoms with E-state index in [-0.39, 0.29) is 11.6 Å². The fourth-order valence-corrected chi connectivity index (χ4v) is 2.68. The largest absolute Gasteiger partial charge is 0.450 e. The maximum atomic E-state index is 11.6. The van der Waals surface area contributed by atoms with Crippen molar-refractivity contribution in [1.29, 1.82) is 0 Å². The summed E-state index contributed by atoms with van der Waals surface area (Å²) in [5, 5.41) is 0. The van der Waals surface area contributed by atoms with Gasteiger partial charge in [-0.1, -0.05) is 32.0 Å². The van der Waals surface area contributed by atoms with Gasteiger partial charge in [0.25, 0.3) is 0 Å². The van der Waals surface area contributed by atoms with Gasteiger partial charge in [-0.05, 0) is 6.07 Å². The molecule has 72 valence electrons. The van der Waals surface area contributed by atoms with E-state index in [2.05, 4.69) is 13.8 Å². The van der Waals surface area contributed by atoms with Crippen molar-refractivity contribution in [3.63, 3.8) is 0 Å². The number of ether oxygens (including phenoxy) is 1. The first kappa shape index (κ1) is 8.04. The lowest BCUT2D eigenvalue weighted by Crippen LogP contribution is -2.10. The first-order valence-electron chi connectivity index (χ1n) is 5.01. The van der Waals surface area contributed by atoms with Gasteiger partial charge in [-0.15, -0.1) is 0 Å². The van der Waals surface area contributed by atoms with Gasteiger partial charge in [0, 0.05) is 17.4 Å². The summed E-state index contributed by atoms with van der Waals surface area (Å²) in [7, 11) is 0. The zero-order valence-electron chi connectivity index (χ0n) is 8.28. The van der Waals surface area contributed by atoms with Crippen LogP contribution in [0, 0.1) is 11.8 Å². The molecule has 0 saturated heterocycles. The van der Waals surface area contributed by atoms with Crippen molar-refractivity contribution in [1.82, 2.24) is 0 Å². The Morgan fingerprint density at radius 1 is 1.21 bits per heavy atom. The summed E-state index contributed by atoms with van der Waals surface area (Å²) in [5.41, 5.74) is 1.56. The fraction of sp³-hybridized carbons (Fsp3) is 0.417. The van der Waals surface area contributed by atoms with Gasteiger partial charge in [0.15, 0.2) is 0 Å². The monoisotopic (exact) mass is 188 g/mol. The van der Waals surface area contributed by atoms with E-state index in [1.165, 1.54) is 0 Å². The van der Waals surface area contributed by atoms with Crippen molar-refractivity contribution in [2.45, 2.75) is 19.4 Å². The quantitative estimate of drug-likeness (QED) is 0.584. The van der Waals surface area contributed by atoms with Gasteiger partial charge in [0.2, 0.25) is 0 Å². The summed E-state index contributed by atoms with van der Waals surface area (Å²) in [4.78, 5) is 11.6. The molecule has 0 radical (unpaired) electrons. The van der Waals surface area contributed by atoms with Crippen LogP contribution in [-0.2, 0) is 10.3 Å². The van der Waals surface area contributed by atoms with Crippen molar-refractivity contribution >= 4 is 5.97 Å². The molecule has 1 aromatic carbocycles. The van der Waals surface area contributed by atoms with Crippen LogP contribution >= 0.6 is 0 Å². The normalized spacial score (nSPS) is 38.3. The van der Waals surface area contributed by atoms with Crippen molar-refractivity contribution in [2.24, 2.45) is 11.8 Å². The van der Waals surface area contributed by atoms with Gasteiger partial charge in [-0.25, -0.2) is 4.79 Å². The number of fused-ring (bicyclic) bond motifs is 2. The third-order valence-corrected chi connectivity index (χ3v) is 3.82. The first-order valence-corrected chi connectivity index (χ1v) is 5.01. The smallest absolute Gasteiger partial charge is 0.339 e. The van der Waals surface area contributed by atoms with Gasteiger partial charge in [-0.2, -0.15) is 0 Å². The Morgan fingerprint density at radius 2 is 1.86 bits per heavy atom. The third-order valence-electron chi connectivity index (χ3n) is 3.82. The lowest BCUT2D eigenvalue weighted by atomic mass is 10.0. The average molecular weight is 188 g/mol. The van der Waals surface area contributed by atoms with E-state index in [0.29, 0.717) is 11.8 Å². The molecule has 1 fully saturated rings. The Bertz CT molecular complexity index is 414. The highest BCUT2D eigenvalue weighted by Crippen LogP contribution is 2.63. The van der Waals surface area contributed by atoms with Crippen molar-refractivity contribution in [3.8, 4) is 0 Å². The minimum Gasteiger partial charge on any atom is -0.450 e. The molecule has 0 aromatic heterocycles. The zero-order valence-corrected chi connectivity index (χ0v) is 8.28. The molecule has 3 rings (SSSR count). The van der Waals surface area contributed by atoms with Crippen LogP contribution in [0.1, 0.15) is 29.8 Å². The number of esters is 1. The molecule has 0 bridgehead atoms. The standard InChI is InChI=1S/C12H12O2/c1-7-8(2)12(7)10-6-4-3-5-9(10)11(13)14-12/h3-8H,1-2H3. The molecule has 2 aliphatic rings. The molecule has 0 N–H and O–H groups in total. The Labute approximate surface area is 82.9 Å². The van der Waals surface area contributed by atoms with Crippen molar-refractivity contribution in [2.75, 3.05) is 0 Å². The van der Waals surface area contributed by atoms with E-state index in [9.17, 15) is 4.79 Å². The maximum absolute atomic E-state index is 11.6. The molecular formula is C12H12O2. The van der Waals surface area contributed by atoms with Crippen LogP contribution in [0.15, 0.2) is 24.3 Å². The molecule has 0 amide bonds. The van der Waals surface area contributed by atoms with Crippen LogP contribution in [0.2, 0.25) is 0 Å². The topological polar surface area (TPSA) is 26.3 Å². The van der Waals surface area contributed by atoms with E-state index < -0.39 is 0 Å². The highest BCUT2D eigenvalue weighted by atomic mass is 16.6. The van der Waals surface area contributed by atoms with Gasteiger partial charge < -0.3 is 4.74 Å². The Hall–Kier alpha value is -1.31. The van der Waals surface area contributed by atoms with Gasteiger partial charge in [-0.3, -0.25) is 0 Å². The van der Waals surface area contributed by atoms with Crippen LogP contribution in [0.3, 0.4) is 0 Å². The van der Waals surface area contributed by atoms with E-state index in [1.54, 1.807) is 0 Å². The lowest BCUT2D eigenvalue weighted by Gasteiger charge is -2.09. The van der Waals surface area contributed by atoms with Crippen LogP contribution in [0.5, 0.6) is 0 Å². The van der Waals surface area contributed by atoms with Gasteiger partial charge in [0.05, 0.1) is 5.56 Å². The molecule has 1 aromatic rings. The predicted octanol–water partition coefficient (Wildman–Crippen LogP) is 2.34. The molecule has 2 atom stereocenters. The van der Waals surface area contributed by atoms with Crippen LogP contribution in [0.25, 0.3) is 0 Å². The highest BCUT2D eigenvalue weighted by molar-refractivity contribution is 5.95. The van der Waals surface area contributed by atoms with E-state index >= 15 is 0 Å². The van der Waals surface area contributed by atoms with Gasteiger partial charge >= 0.3 is 5.97 Å². The maximum Gasteiger partial charge on any atom is 0.339 e. The molecule has 1 aliphatic heterocycles. The third kappa shape index (κ3) is 0.671. The van der Waals surface area contributed by atoms with Crippen molar-refractivity contribution < 1.29 is 9.53 Å². The van der Waals surface area contributed by atoms with Crippen LogP contribution < -0.4 is 0 Å². The molecule has 1 spiro atoms. The fourth-order valence-electron chi connectivity index (χ4n) is 2.68. The SMILES string of the molecule is CC1C(C)C12OC(=O)c1ccccc12. The molecule has 2 heteroatoms. The van der Waals surface area contributed by atoms with Gasteiger partial charge in [0.1, 0.15) is 5.60 Å². The number of carbonyl (C=O) groups excluding carboxylic acids is 1. The van der Waals surface area contributed by atoms with Crippen LogP contribution in [0.4, 0.5) is 0 Å². The minimum absolute atomic E-state index is 0.156. The Balaban J connectivity index is 2.21. The molecule has 1 aliphatic carbocycles. The Kier molecular flexibility index (Phi) is 1.26. The molecular weight excluding hydrogens is 176 g/mol. The number of benzene rings is 1. The summed E-state index contributed by atoms with van der Waals surface area (Å²) in [5.74, 6) is 0.752. The average Bonchev–Trinajstić information content (AvgIpc) is 2.60. The number of hydrogen-bond donors (Lipinski definition) is 0. The van der Waals surface area contributed by atoms with E-state index in [1.807, 2.05) is 24.3 Å². The molecule has 14 heavy (non-hydrogen) atoms. The zero-order chi connectivity index (χ0) is 9.92. The summed E-state index contributed by atoms with van der Waals surface area (Å²) in [6, 6.07) is 7.72. The number of rotatable bonds is 0. The second-order valence-corrected chi connectivity index (χ2v) is 4.31. The first-order chi connectivity index (χ1) is 6.68. The van der Waals surface area contributed by atoms with E-state index in [0.717, 1.165) is 11.1 Å². The van der Waals surface area contributed by atoms with E-state index in [4.69, 9.17) is 4.74 Å². The lowest BCUT2D eigenvalue weighted by molar-refractivity contribution is 0.0242. The Morgan fingerprint density at radius 3 is 2.50 bits per heavy atom. The second kappa shape index (κ2) is 2.19. The summed E-state index contributed by atoms with van der Waals surface area (Å²) < 4.78 is 5.52. The van der Waals surface area contributed by atoms with Crippen molar-refractivity contribution in [3.05, 3.63) is 35.4 Å². The summed E-state index contributed by atoms with van der Waals surface area (Å²) in [6.07, 6.45) is 0. The summed E-state index contributed by atoms with van der Waals surface area (Å²) in [6.45, 7) is 4.28. The van der Waals surface area contributed by atoms with Crippen LogP contribution in [-0.4, -0.2) is 5.97 Å². The molecule has 1 heterocycles. The molecule has 1 saturated carbocycles. The highest BCUT2D eigenvalue weighted by Gasteiger charge is 2.67. The number of hydrogen-bond acceptors (Lipinski definition) is 2. The predicted molar refractivity (Wildman–Crippen MR) is 51.9 cm³/mol. The number of carbonyl (C=O) groups is 1. The summed E-state index contributed by atoms with van der Waals surface area (Å²) >= 11 is 0. The molecule has 2 unspecified atom stereocenters. The molecule has 2 nitrogen and oxygen atoms in total. The second-order valence-electron chi connectivity index (χ2n) is 4.31.